The second-order valence-corrected chi connectivity index (χ2v) is 6.45. The van der Waals surface area contributed by atoms with Gasteiger partial charge in [-0.15, -0.1) is 0 Å². The van der Waals surface area contributed by atoms with Crippen LogP contribution in [0.1, 0.15) is 16.1 Å². The van der Waals surface area contributed by atoms with Gasteiger partial charge in [0.15, 0.2) is 0 Å². The van der Waals surface area contributed by atoms with Crippen molar-refractivity contribution < 1.29 is 9.72 Å². The Labute approximate surface area is 157 Å². The van der Waals surface area contributed by atoms with E-state index in [0.717, 1.165) is 9.26 Å². The van der Waals surface area contributed by atoms with Gasteiger partial charge in [-0.3, -0.25) is 14.9 Å². The minimum Gasteiger partial charge on any atom is -0.306 e. The van der Waals surface area contributed by atoms with Crippen LogP contribution in [-0.2, 0) is 0 Å². The fourth-order valence-corrected chi connectivity index (χ4v) is 2.96. The number of carbonyl (C=O) groups excluding carboxylic acids is 1. The number of aromatic nitrogens is 2. The Bertz CT molecular complexity index is 951. The molecule has 2 aromatic carbocycles. The Kier molecular flexibility index (Phi) is 4.79. The van der Waals surface area contributed by atoms with Crippen molar-refractivity contribution in [1.82, 2.24) is 9.78 Å². The molecule has 1 aromatic heterocycles. The van der Waals surface area contributed by atoms with Gasteiger partial charge in [-0.25, -0.2) is 4.68 Å². The lowest BCUT2D eigenvalue weighted by Gasteiger charge is -2.09. The van der Waals surface area contributed by atoms with Crippen LogP contribution in [0.15, 0.2) is 54.6 Å². The van der Waals surface area contributed by atoms with E-state index < -0.39 is 4.92 Å². The number of nitrogens with one attached hydrogen (secondary N) is 1. The third-order valence-electron chi connectivity index (χ3n) is 3.50. The third-order valence-corrected chi connectivity index (χ3v) is 4.44. The number of anilines is 1. The lowest BCUT2D eigenvalue weighted by atomic mass is 10.2. The molecule has 0 saturated heterocycles. The fourth-order valence-electron chi connectivity index (χ4n) is 2.33. The summed E-state index contributed by atoms with van der Waals surface area (Å²) in [5, 5.41) is 18.0. The monoisotopic (exact) mass is 448 g/mol. The average molecular weight is 448 g/mol. The summed E-state index contributed by atoms with van der Waals surface area (Å²) in [5.41, 5.74) is 1.91. The van der Waals surface area contributed by atoms with Gasteiger partial charge in [-0.05, 0) is 53.8 Å². The molecule has 3 rings (SSSR count). The summed E-state index contributed by atoms with van der Waals surface area (Å²) in [4.78, 5) is 22.8. The molecule has 126 valence electrons. The maximum Gasteiger partial charge on any atom is 0.269 e. The van der Waals surface area contributed by atoms with Crippen LogP contribution in [0.4, 0.5) is 11.5 Å². The number of non-ortho nitro benzene ring substituents is 1. The topological polar surface area (TPSA) is 90.1 Å². The van der Waals surface area contributed by atoms with Gasteiger partial charge in [0.25, 0.3) is 11.6 Å². The highest BCUT2D eigenvalue weighted by Gasteiger charge is 2.15. The summed E-state index contributed by atoms with van der Waals surface area (Å²) in [6.45, 7) is 1.81. The van der Waals surface area contributed by atoms with E-state index in [1.54, 1.807) is 35.0 Å². The molecule has 7 nitrogen and oxygen atoms in total. The Morgan fingerprint density at radius 1 is 1.20 bits per heavy atom. The van der Waals surface area contributed by atoms with Crippen molar-refractivity contribution >= 4 is 40.0 Å². The largest absolute Gasteiger partial charge is 0.306 e. The number of halogens is 1. The summed E-state index contributed by atoms with van der Waals surface area (Å²) in [6.07, 6.45) is 0. The van der Waals surface area contributed by atoms with Crippen LogP contribution in [0, 0.1) is 20.6 Å². The number of nitrogens with zero attached hydrogens (tertiary/aromatic N) is 3. The van der Waals surface area contributed by atoms with E-state index in [4.69, 9.17) is 0 Å². The second kappa shape index (κ2) is 7.01. The minimum absolute atomic E-state index is 0.00273. The molecular weight excluding hydrogens is 435 g/mol. The number of hydrogen-bond donors (Lipinski definition) is 1. The zero-order valence-corrected chi connectivity index (χ0v) is 15.3. The number of nitro benzene ring substituents is 1. The molecule has 0 aliphatic rings. The maximum atomic E-state index is 12.5. The van der Waals surface area contributed by atoms with Gasteiger partial charge in [0, 0.05) is 21.8 Å². The van der Waals surface area contributed by atoms with E-state index in [2.05, 4.69) is 33.0 Å². The SMILES string of the molecule is Cc1cc(NC(=O)c2ccccc2I)n(-c2ccc([N+](=O)[O-])cc2)n1. The normalized spacial score (nSPS) is 10.5. The predicted octanol–water partition coefficient (Wildman–Crippen LogP) is 3.95. The summed E-state index contributed by atoms with van der Waals surface area (Å²) in [7, 11) is 0. The molecule has 0 saturated carbocycles. The highest BCUT2D eigenvalue weighted by molar-refractivity contribution is 14.1. The molecule has 0 spiro atoms. The van der Waals surface area contributed by atoms with E-state index in [9.17, 15) is 14.9 Å². The standard InChI is InChI=1S/C17H13IN4O3/c1-11-10-16(19-17(23)14-4-2-3-5-15(14)18)21(20-11)12-6-8-13(9-7-12)22(24)25/h2-10H,1H3,(H,19,23). The molecule has 1 amide bonds. The van der Waals surface area contributed by atoms with Crippen LogP contribution in [0.2, 0.25) is 0 Å². The summed E-state index contributed by atoms with van der Waals surface area (Å²) >= 11 is 2.11. The van der Waals surface area contributed by atoms with Crippen molar-refractivity contribution in [2.45, 2.75) is 6.92 Å². The molecule has 0 atom stereocenters. The Balaban J connectivity index is 1.92. The van der Waals surface area contributed by atoms with E-state index >= 15 is 0 Å². The Morgan fingerprint density at radius 3 is 2.52 bits per heavy atom. The van der Waals surface area contributed by atoms with Crippen molar-refractivity contribution in [2.24, 2.45) is 0 Å². The number of nitro groups is 1. The first-order valence-electron chi connectivity index (χ1n) is 7.33. The number of benzene rings is 2. The lowest BCUT2D eigenvalue weighted by Crippen LogP contribution is -2.16. The molecule has 0 aliphatic carbocycles. The van der Waals surface area contributed by atoms with Crippen LogP contribution in [0.5, 0.6) is 0 Å². The minimum atomic E-state index is -0.460. The van der Waals surface area contributed by atoms with Gasteiger partial charge in [0.05, 0.1) is 21.9 Å². The third kappa shape index (κ3) is 3.68. The van der Waals surface area contributed by atoms with Crippen LogP contribution in [0.25, 0.3) is 5.69 Å². The maximum absolute atomic E-state index is 12.5. The van der Waals surface area contributed by atoms with Crippen molar-refractivity contribution in [2.75, 3.05) is 5.32 Å². The lowest BCUT2D eigenvalue weighted by molar-refractivity contribution is -0.384. The Morgan fingerprint density at radius 2 is 1.88 bits per heavy atom. The molecule has 1 heterocycles. The van der Waals surface area contributed by atoms with Crippen molar-refractivity contribution in [3.63, 3.8) is 0 Å². The van der Waals surface area contributed by atoms with E-state index in [1.807, 2.05) is 19.1 Å². The second-order valence-electron chi connectivity index (χ2n) is 5.29. The van der Waals surface area contributed by atoms with Crippen LogP contribution < -0.4 is 5.32 Å². The smallest absolute Gasteiger partial charge is 0.269 e. The summed E-state index contributed by atoms with van der Waals surface area (Å²) in [5.74, 6) is 0.254. The first-order chi connectivity index (χ1) is 12.0. The van der Waals surface area contributed by atoms with E-state index in [-0.39, 0.29) is 11.6 Å². The first kappa shape index (κ1) is 17.1. The Hall–Kier alpha value is -2.75. The summed E-state index contributed by atoms with van der Waals surface area (Å²) in [6, 6.07) is 15.0. The van der Waals surface area contributed by atoms with Crippen LogP contribution >= 0.6 is 22.6 Å². The predicted molar refractivity (Wildman–Crippen MR) is 102 cm³/mol. The van der Waals surface area contributed by atoms with Gasteiger partial charge in [0.1, 0.15) is 5.82 Å². The number of hydrogen-bond acceptors (Lipinski definition) is 4. The molecule has 3 aromatic rings. The molecule has 1 N–H and O–H groups in total. The molecule has 0 unspecified atom stereocenters. The summed E-state index contributed by atoms with van der Waals surface area (Å²) < 4.78 is 2.39. The van der Waals surface area contributed by atoms with Gasteiger partial charge in [0.2, 0.25) is 0 Å². The van der Waals surface area contributed by atoms with Crippen LogP contribution in [-0.4, -0.2) is 20.6 Å². The van der Waals surface area contributed by atoms with Gasteiger partial charge in [-0.2, -0.15) is 5.10 Å². The van der Waals surface area contributed by atoms with Crippen molar-refractivity contribution in [1.29, 1.82) is 0 Å². The van der Waals surface area contributed by atoms with Crippen LogP contribution in [0.3, 0.4) is 0 Å². The number of carbonyl (C=O) groups is 1. The zero-order valence-electron chi connectivity index (χ0n) is 13.1. The van der Waals surface area contributed by atoms with Crippen molar-refractivity contribution in [3.05, 3.63) is 79.5 Å². The fraction of sp³-hybridized carbons (Fsp3) is 0.0588. The zero-order chi connectivity index (χ0) is 18.0. The highest BCUT2D eigenvalue weighted by atomic mass is 127. The molecule has 25 heavy (non-hydrogen) atoms. The quantitative estimate of drug-likeness (QED) is 0.372. The average Bonchev–Trinajstić information content (AvgIpc) is 2.95. The molecule has 0 fully saturated rings. The van der Waals surface area contributed by atoms with E-state index in [0.29, 0.717) is 17.1 Å². The molecule has 0 radical (unpaired) electrons. The first-order valence-corrected chi connectivity index (χ1v) is 8.41. The molecule has 0 aliphatic heterocycles. The molecule has 8 heteroatoms. The molecule has 0 bridgehead atoms. The number of aryl methyl sites for hydroxylation is 1. The number of amides is 1. The van der Waals surface area contributed by atoms with Gasteiger partial charge in [-0.1, -0.05) is 12.1 Å². The van der Waals surface area contributed by atoms with Gasteiger partial charge >= 0.3 is 0 Å². The molecular formula is C17H13IN4O3. The highest BCUT2D eigenvalue weighted by Crippen LogP contribution is 2.21. The van der Waals surface area contributed by atoms with E-state index in [1.165, 1.54) is 12.1 Å². The van der Waals surface area contributed by atoms with Gasteiger partial charge < -0.3 is 5.32 Å². The number of rotatable bonds is 4. The van der Waals surface area contributed by atoms with Crippen molar-refractivity contribution in [3.8, 4) is 5.69 Å².